The van der Waals surface area contributed by atoms with E-state index in [0.717, 1.165) is 27.8 Å². The van der Waals surface area contributed by atoms with Crippen LogP contribution in [0.15, 0.2) is 72.1 Å². The molecular formula is C21H12OS2. The van der Waals surface area contributed by atoms with E-state index >= 15 is 0 Å². The van der Waals surface area contributed by atoms with Crippen molar-refractivity contribution in [3.8, 4) is 31.3 Å². The van der Waals surface area contributed by atoms with Crippen molar-refractivity contribution in [2.45, 2.75) is 0 Å². The molecule has 0 radical (unpaired) electrons. The van der Waals surface area contributed by atoms with Crippen molar-refractivity contribution in [3.63, 3.8) is 0 Å². The van der Waals surface area contributed by atoms with Gasteiger partial charge in [0, 0.05) is 25.8 Å². The Kier molecular flexibility index (Phi) is 3.05. The average molecular weight is 344 g/mol. The summed E-state index contributed by atoms with van der Waals surface area (Å²) in [5, 5.41) is 2.10. The van der Waals surface area contributed by atoms with Crippen LogP contribution in [0.1, 0.15) is 15.9 Å². The predicted molar refractivity (Wildman–Crippen MR) is 102 cm³/mol. The molecule has 2 aromatic heterocycles. The highest BCUT2D eigenvalue weighted by Gasteiger charge is 2.26. The number of carbonyl (C=O) groups is 1. The Bertz CT molecular complexity index is 1070. The Morgan fingerprint density at radius 1 is 0.625 bits per heavy atom. The zero-order chi connectivity index (χ0) is 16.1. The zero-order valence-corrected chi connectivity index (χ0v) is 14.3. The number of hydrogen-bond donors (Lipinski definition) is 0. The average Bonchev–Trinajstić information content (AvgIpc) is 3.35. The third-order valence-electron chi connectivity index (χ3n) is 4.38. The van der Waals surface area contributed by atoms with Gasteiger partial charge >= 0.3 is 0 Å². The summed E-state index contributed by atoms with van der Waals surface area (Å²) in [5.41, 5.74) is 4.85. The second-order valence-electron chi connectivity index (χ2n) is 5.78. The number of rotatable bonds is 2. The molecule has 0 N–H and O–H groups in total. The molecule has 2 aromatic carbocycles. The molecule has 4 aromatic rings. The molecule has 0 fully saturated rings. The Morgan fingerprint density at radius 2 is 1.42 bits per heavy atom. The highest BCUT2D eigenvalue weighted by atomic mass is 32.1. The predicted octanol–water partition coefficient (Wildman–Crippen LogP) is 6.36. The second kappa shape index (κ2) is 5.26. The molecule has 2 heterocycles. The first-order valence-electron chi connectivity index (χ1n) is 7.73. The van der Waals surface area contributed by atoms with Gasteiger partial charge in [0.2, 0.25) is 0 Å². The van der Waals surface area contributed by atoms with Crippen molar-refractivity contribution < 1.29 is 4.79 Å². The second-order valence-corrected chi connectivity index (χ2v) is 7.81. The quantitative estimate of drug-likeness (QED) is 0.364. The number of fused-ring (bicyclic) bond motifs is 3. The Morgan fingerprint density at radius 3 is 2.25 bits per heavy atom. The van der Waals surface area contributed by atoms with Gasteiger partial charge in [-0.1, -0.05) is 42.5 Å². The summed E-state index contributed by atoms with van der Waals surface area (Å²) in [4.78, 5) is 16.4. The van der Waals surface area contributed by atoms with Crippen LogP contribution in [-0.4, -0.2) is 5.78 Å². The van der Waals surface area contributed by atoms with Crippen molar-refractivity contribution in [2.75, 3.05) is 0 Å². The van der Waals surface area contributed by atoms with Crippen LogP contribution in [0.5, 0.6) is 0 Å². The molecule has 114 valence electrons. The summed E-state index contributed by atoms with van der Waals surface area (Å²) in [7, 11) is 0. The highest BCUT2D eigenvalue weighted by molar-refractivity contribution is 7.23. The van der Waals surface area contributed by atoms with Gasteiger partial charge in [0.1, 0.15) is 0 Å². The summed E-state index contributed by atoms with van der Waals surface area (Å²) in [6, 6.07) is 22.6. The number of carbonyl (C=O) groups excluding carboxylic acids is 1. The Labute approximate surface area is 147 Å². The number of benzene rings is 2. The molecule has 24 heavy (non-hydrogen) atoms. The zero-order valence-electron chi connectivity index (χ0n) is 12.7. The minimum absolute atomic E-state index is 0.137. The molecule has 1 nitrogen and oxygen atoms in total. The van der Waals surface area contributed by atoms with E-state index in [-0.39, 0.29) is 5.78 Å². The summed E-state index contributed by atoms with van der Waals surface area (Å²) < 4.78 is 0. The maximum atomic E-state index is 12.7. The molecule has 5 rings (SSSR count). The lowest BCUT2D eigenvalue weighted by Crippen LogP contribution is -1.94. The first-order valence-corrected chi connectivity index (χ1v) is 9.43. The van der Waals surface area contributed by atoms with E-state index in [1.54, 1.807) is 22.7 Å². The number of thiophene rings is 2. The molecule has 0 atom stereocenters. The van der Waals surface area contributed by atoms with E-state index in [1.807, 2.05) is 30.3 Å². The Balaban J connectivity index is 1.60. The molecule has 3 heteroatoms. The van der Waals surface area contributed by atoms with Crippen LogP contribution in [-0.2, 0) is 0 Å². The summed E-state index contributed by atoms with van der Waals surface area (Å²) in [6.45, 7) is 0. The van der Waals surface area contributed by atoms with Crippen LogP contribution in [0.3, 0.4) is 0 Å². The van der Waals surface area contributed by atoms with Gasteiger partial charge < -0.3 is 0 Å². The van der Waals surface area contributed by atoms with Gasteiger partial charge in [-0.05, 0) is 46.3 Å². The molecule has 1 aliphatic rings. The SMILES string of the molecule is O=C1c2ccccc2-c2ccc(-c3ccc(-c4cccs4)s3)cc21. The van der Waals surface area contributed by atoms with Crippen LogP contribution in [0.2, 0.25) is 0 Å². The van der Waals surface area contributed by atoms with Crippen LogP contribution >= 0.6 is 22.7 Å². The normalized spacial score (nSPS) is 12.2. The monoisotopic (exact) mass is 344 g/mol. The maximum Gasteiger partial charge on any atom is 0.194 e. The minimum Gasteiger partial charge on any atom is -0.289 e. The fourth-order valence-electron chi connectivity index (χ4n) is 3.23. The fraction of sp³-hybridized carbons (Fsp3) is 0. The van der Waals surface area contributed by atoms with Crippen molar-refractivity contribution in [3.05, 3.63) is 83.2 Å². The Hall–Kier alpha value is -2.49. The van der Waals surface area contributed by atoms with Gasteiger partial charge in [0.25, 0.3) is 0 Å². The van der Waals surface area contributed by atoms with E-state index < -0.39 is 0 Å². The molecule has 0 spiro atoms. The smallest absolute Gasteiger partial charge is 0.194 e. The van der Waals surface area contributed by atoms with E-state index in [1.165, 1.54) is 14.6 Å². The van der Waals surface area contributed by atoms with E-state index in [9.17, 15) is 4.79 Å². The minimum atomic E-state index is 0.137. The first kappa shape index (κ1) is 13.9. The molecule has 0 aliphatic heterocycles. The lowest BCUT2D eigenvalue weighted by molar-refractivity contribution is 0.104. The van der Waals surface area contributed by atoms with Crippen LogP contribution in [0, 0.1) is 0 Å². The first-order chi connectivity index (χ1) is 11.8. The lowest BCUT2D eigenvalue weighted by atomic mass is 10.0. The van der Waals surface area contributed by atoms with Crippen molar-refractivity contribution in [2.24, 2.45) is 0 Å². The molecular weight excluding hydrogens is 332 g/mol. The van der Waals surface area contributed by atoms with E-state index in [4.69, 9.17) is 0 Å². The maximum absolute atomic E-state index is 12.7. The van der Waals surface area contributed by atoms with Crippen LogP contribution < -0.4 is 0 Å². The van der Waals surface area contributed by atoms with E-state index in [0.29, 0.717) is 0 Å². The topological polar surface area (TPSA) is 17.1 Å². The van der Waals surface area contributed by atoms with Gasteiger partial charge in [-0.3, -0.25) is 4.79 Å². The molecule has 0 saturated carbocycles. The third-order valence-corrected chi connectivity index (χ3v) is 6.58. The van der Waals surface area contributed by atoms with Gasteiger partial charge in [0.05, 0.1) is 0 Å². The van der Waals surface area contributed by atoms with Gasteiger partial charge in [-0.2, -0.15) is 0 Å². The lowest BCUT2D eigenvalue weighted by Gasteiger charge is -2.02. The van der Waals surface area contributed by atoms with Crippen LogP contribution in [0.25, 0.3) is 31.3 Å². The summed E-state index contributed by atoms with van der Waals surface area (Å²) in [5.74, 6) is 0.137. The summed E-state index contributed by atoms with van der Waals surface area (Å²) in [6.07, 6.45) is 0. The highest BCUT2D eigenvalue weighted by Crippen LogP contribution is 2.41. The van der Waals surface area contributed by atoms with Crippen LogP contribution in [0.4, 0.5) is 0 Å². The third kappa shape index (κ3) is 2.02. The largest absolute Gasteiger partial charge is 0.289 e. The fourth-order valence-corrected chi connectivity index (χ4v) is 5.06. The molecule has 0 amide bonds. The van der Waals surface area contributed by atoms with Gasteiger partial charge in [-0.25, -0.2) is 0 Å². The molecule has 0 bridgehead atoms. The number of ketones is 1. The van der Waals surface area contributed by atoms with Crippen molar-refractivity contribution in [1.29, 1.82) is 0 Å². The van der Waals surface area contributed by atoms with Gasteiger partial charge in [0.15, 0.2) is 5.78 Å². The van der Waals surface area contributed by atoms with Gasteiger partial charge in [-0.15, -0.1) is 22.7 Å². The molecule has 1 aliphatic carbocycles. The standard InChI is InChI=1S/C21H12OS2/c22-21-16-5-2-1-4-14(16)15-8-7-13(12-17(15)21)18-9-10-20(24-18)19-6-3-11-23-19/h1-12H. The van der Waals surface area contributed by atoms with E-state index in [2.05, 4.69) is 41.8 Å². The number of hydrogen-bond acceptors (Lipinski definition) is 3. The summed E-state index contributed by atoms with van der Waals surface area (Å²) >= 11 is 3.53. The van der Waals surface area contributed by atoms with Crippen molar-refractivity contribution >= 4 is 28.5 Å². The molecule has 0 saturated heterocycles. The van der Waals surface area contributed by atoms with Crippen molar-refractivity contribution in [1.82, 2.24) is 0 Å². The molecule has 0 unspecified atom stereocenters.